The van der Waals surface area contributed by atoms with Crippen molar-refractivity contribution in [1.29, 1.82) is 0 Å². The Morgan fingerprint density at radius 3 is 2.38 bits per heavy atom. The standard InChI is InChI=1S/C25H16BrN3/c26-20-13-7-15-22-24(20)28-25(29(22)16-8-2-1-3-9-16)19-12-6-11-18-17-10-4-5-14-21(17)27-23(18)19/h1-15,27H. The number of imidazole rings is 1. The van der Waals surface area contributed by atoms with E-state index in [1.807, 2.05) is 12.1 Å². The molecule has 4 heteroatoms. The summed E-state index contributed by atoms with van der Waals surface area (Å²) in [6.07, 6.45) is 0. The van der Waals surface area contributed by atoms with E-state index >= 15 is 0 Å². The Balaban J connectivity index is 1.76. The average molecular weight is 438 g/mol. The molecule has 3 nitrogen and oxygen atoms in total. The van der Waals surface area contributed by atoms with Crippen molar-refractivity contribution in [3.8, 4) is 17.1 Å². The fraction of sp³-hybridized carbons (Fsp3) is 0. The fourth-order valence-corrected chi connectivity index (χ4v) is 4.59. The van der Waals surface area contributed by atoms with Gasteiger partial charge in [-0.05, 0) is 52.3 Å². The summed E-state index contributed by atoms with van der Waals surface area (Å²) >= 11 is 3.68. The number of para-hydroxylation sites is 4. The third kappa shape index (κ3) is 2.46. The minimum Gasteiger partial charge on any atom is -0.354 e. The number of benzene rings is 4. The quantitative estimate of drug-likeness (QED) is 0.308. The number of H-pyrrole nitrogens is 1. The van der Waals surface area contributed by atoms with Crippen LogP contribution in [0.3, 0.4) is 0 Å². The van der Waals surface area contributed by atoms with Gasteiger partial charge in [0, 0.05) is 32.0 Å². The van der Waals surface area contributed by atoms with Crippen LogP contribution in [0.25, 0.3) is 49.9 Å². The molecule has 6 rings (SSSR count). The summed E-state index contributed by atoms with van der Waals surface area (Å²) in [4.78, 5) is 8.69. The van der Waals surface area contributed by atoms with Crippen molar-refractivity contribution in [3.63, 3.8) is 0 Å². The first-order valence-electron chi connectivity index (χ1n) is 9.53. The maximum Gasteiger partial charge on any atom is 0.147 e. The molecule has 6 aromatic rings. The van der Waals surface area contributed by atoms with E-state index in [0.29, 0.717) is 0 Å². The van der Waals surface area contributed by atoms with E-state index in [4.69, 9.17) is 4.98 Å². The maximum atomic E-state index is 5.08. The lowest BCUT2D eigenvalue weighted by atomic mass is 10.1. The Labute approximate surface area is 175 Å². The van der Waals surface area contributed by atoms with E-state index < -0.39 is 0 Å². The molecular formula is C25H16BrN3. The van der Waals surface area contributed by atoms with Gasteiger partial charge in [-0.3, -0.25) is 4.57 Å². The van der Waals surface area contributed by atoms with E-state index in [1.165, 1.54) is 10.8 Å². The number of hydrogen-bond acceptors (Lipinski definition) is 1. The zero-order valence-electron chi connectivity index (χ0n) is 15.4. The maximum absolute atomic E-state index is 5.08. The van der Waals surface area contributed by atoms with Crippen LogP contribution >= 0.6 is 15.9 Å². The molecule has 138 valence electrons. The Morgan fingerprint density at radius 1 is 0.724 bits per heavy atom. The summed E-state index contributed by atoms with van der Waals surface area (Å²) in [5, 5.41) is 2.44. The molecule has 4 aromatic carbocycles. The number of nitrogens with one attached hydrogen (secondary N) is 1. The van der Waals surface area contributed by atoms with Gasteiger partial charge in [-0.2, -0.15) is 0 Å². The first-order chi connectivity index (χ1) is 14.3. The zero-order chi connectivity index (χ0) is 19.4. The van der Waals surface area contributed by atoms with Crippen LogP contribution in [0.15, 0.2) is 95.5 Å². The van der Waals surface area contributed by atoms with Crippen molar-refractivity contribution in [2.24, 2.45) is 0 Å². The van der Waals surface area contributed by atoms with E-state index in [0.717, 1.165) is 43.6 Å². The van der Waals surface area contributed by atoms with Crippen LogP contribution < -0.4 is 0 Å². The second kappa shape index (κ2) is 6.33. The molecule has 1 N–H and O–H groups in total. The van der Waals surface area contributed by atoms with Crippen molar-refractivity contribution in [3.05, 3.63) is 95.5 Å². The number of halogens is 1. The Kier molecular flexibility index (Phi) is 3.61. The second-order valence-corrected chi connectivity index (χ2v) is 7.97. The molecule has 2 heterocycles. The summed E-state index contributed by atoms with van der Waals surface area (Å²) in [5.41, 5.74) is 6.46. The molecule has 0 aliphatic carbocycles. The summed E-state index contributed by atoms with van der Waals surface area (Å²) in [5.74, 6) is 0.926. The molecule has 0 fully saturated rings. The molecule has 29 heavy (non-hydrogen) atoms. The molecule has 0 bridgehead atoms. The molecule has 0 radical (unpaired) electrons. The number of nitrogens with zero attached hydrogens (tertiary/aromatic N) is 2. The van der Waals surface area contributed by atoms with Gasteiger partial charge in [0.25, 0.3) is 0 Å². The molecule has 0 atom stereocenters. The van der Waals surface area contributed by atoms with Gasteiger partial charge in [0.05, 0.1) is 11.0 Å². The number of fused-ring (bicyclic) bond motifs is 4. The van der Waals surface area contributed by atoms with E-state index in [2.05, 4.69) is 104 Å². The molecular weight excluding hydrogens is 422 g/mol. The summed E-state index contributed by atoms with van der Waals surface area (Å²) in [7, 11) is 0. The topological polar surface area (TPSA) is 33.6 Å². The largest absolute Gasteiger partial charge is 0.354 e. The van der Waals surface area contributed by atoms with Crippen molar-refractivity contribution in [1.82, 2.24) is 14.5 Å². The van der Waals surface area contributed by atoms with Crippen molar-refractivity contribution < 1.29 is 0 Å². The summed E-state index contributed by atoms with van der Waals surface area (Å²) < 4.78 is 3.23. The number of aromatic amines is 1. The highest BCUT2D eigenvalue weighted by Crippen LogP contribution is 2.37. The predicted molar refractivity (Wildman–Crippen MR) is 124 cm³/mol. The minimum atomic E-state index is 0.926. The number of aromatic nitrogens is 3. The van der Waals surface area contributed by atoms with Gasteiger partial charge < -0.3 is 4.98 Å². The highest BCUT2D eigenvalue weighted by molar-refractivity contribution is 9.10. The van der Waals surface area contributed by atoms with Crippen LogP contribution in [0.4, 0.5) is 0 Å². The average Bonchev–Trinajstić information content (AvgIpc) is 3.34. The molecule has 0 saturated carbocycles. The third-order valence-electron chi connectivity index (χ3n) is 5.43. The van der Waals surface area contributed by atoms with Gasteiger partial charge in [0.2, 0.25) is 0 Å². The highest BCUT2D eigenvalue weighted by Gasteiger charge is 2.19. The van der Waals surface area contributed by atoms with E-state index in [1.54, 1.807) is 0 Å². The molecule has 0 aliphatic rings. The van der Waals surface area contributed by atoms with Gasteiger partial charge in [-0.1, -0.05) is 54.6 Å². The molecule has 0 amide bonds. The van der Waals surface area contributed by atoms with Crippen molar-refractivity contribution in [2.75, 3.05) is 0 Å². The molecule has 0 unspecified atom stereocenters. The first kappa shape index (κ1) is 16.6. The molecule has 0 aliphatic heterocycles. The van der Waals surface area contributed by atoms with E-state index in [9.17, 15) is 0 Å². The lowest BCUT2D eigenvalue weighted by Gasteiger charge is -2.10. The smallest absolute Gasteiger partial charge is 0.147 e. The third-order valence-corrected chi connectivity index (χ3v) is 6.07. The number of hydrogen-bond donors (Lipinski definition) is 1. The van der Waals surface area contributed by atoms with Gasteiger partial charge in [-0.15, -0.1) is 0 Å². The highest BCUT2D eigenvalue weighted by atomic mass is 79.9. The Hall–Kier alpha value is -3.37. The Morgan fingerprint density at radius 2 is 1.48 bits per heavy atom. The van der Waals surface area contributed by atoms with Gasteiger partial charge >= 0.3 is 0 Å². The normalized spacial score (nSPS) is 11.6. The second-order valence-electron chi connectivity index (χ2n) is 7.11. The van der Waals surface area contributed by atoms with Crippen LogP contribution in [0.5, 0.6) is 0 Å². The molecule has 0 spiro atoms. The van der Waals surface area contributed by atoms with Crippen LogP contribution in [-0.4, -0.2) is 14.5 Å². The first-order valence-corrected chi connectivity index (χ1v) is 10.3. The van der Waals surface area contributed by atoms with Gasteiger partial charge in [0.1, 0.15) is 11.3 Å². The predicted octanol–water partition coefficient (Wildman–Crippen LogP) is 7.09. The Bertz CT molecular complexity index is 1510. The van der Waals surface area contributed by atoms with Crippen LogP contribution in [-0.2, 0) is 0 Å². The minimum absolute atomic E-state index is 0.926. The van der Waals surface area contributed by atoms with Crippen LogP contribution in [0, 0.1) is 0 Å². The lowest BCUT2D eigenvalue weighted by molar-refractivity contribution is 1.10. The van der Waals surface area contributed by atoms with Gasteiger partial charge in [0.15, 0.2) is 0 Å². The zero-order valence-corrected chi connectivity index (χ0v) is 17.0. The lowest BCUT2D eigenvalue weighted by Crippen LogP contribution is -1.97. The summed E-state index contributed by atoms with van der Waals surface area (Å²) in [6, 6.07) is 31.5. The van der Waals surface area contributed by atoms with Crippen molar-refractivity contribution in [2.45, 2.75) is 0 Å². The van der Waals surface area contributed by atoms with Crippen LogP contribution in [0.2, 0.25) is 0 Å². The monoisotopic (exact) mass is 437 g/mol. The summed E-state index contributed by atoms with van der Waals surface area (Å²) in [6.45, 7) is 0. The fourth-order valence-electron chi connectivity index (χ4n) is 4.14. The van der Waals surface area contributed by atoms with E-state index in [-0.39, 0.29) is 0 Å². The SMILES string of the molecule is Brc1cccc2c1nc(-c1cccc3c1[nH]c1ccccc13)n2-c1ccccc1. The molecule has 0 saturated heterocycles. The van der Waals surface area contributed by atoms with Crippen molar-refractivity contribution >= 4 is 48.8 Å². The molecule has 2 aromatic heterocycles. The van der Waals surface area contributed by atoms with Gasteiger partial charge in [-0.25, -0.2) is 4.98 Å². The van der Waals surface area contributed by atoms with Crippen LogP contribution in [0.1, 0.15) is 0 Å². The number of rotatable bonds is 2.